The molecule has 4 aromatic carbocycles. The van der Waals surface area contributed by atoms with Crippen LogP contribution in [-0.4, -0.2) is 80.3 Å². The van der Waals surface area contributed by atoms with Gasteiger partial charge in [0.2, 0.25) is 5.91 Å². The Kier molecular flexibility index (Phi) is 24.0. The molecular formula is C64H92N2O9. The normalized spacial score (nSPS) is 17.3. The number of fused-ring (bicyclic) bond motifs is 1. The third-order valence-corrected chi connectivity index (χ3v) is 15.9. The van der Waals surface area contributed by atoms with Crippen LogP contribution in [0.1, 0.15) is 188 Å². The van der Waals surface area contributed by atoms with Crippen LogP contribution in [0, 0.1) is 20.8 Å². The topological polar surface area (TPSA) is 125 Å². The average molecular weight is 1030 g/mol. The van der Waals surface area contributed by atoms with Gasteiger partial charge in [0.05, 0.1) is 33.0 Å². The van der Waals surface area contributed by atoms with E-state index in [1.165, 1.54) is 95.5 Å². The largest absolute Gasteiger partial charge is 0.497 e. The maximum absolute atomic E-state index is 14.3. The number of rotatable bonds is 33. The van der Waals surface area contributed by atoms with E-state index >= 15 is 0 Å². The van der Waals surface area contributed by atoms with Gasteiger partial charge in [0.25, 0.3) is 0 Å². The first-order chi connectivity index (χ1) is 36.4. The number of nitrogens with zero attached hydrogens (tertiary/aromatic N) is 1. The number of amides is 2. The molecule has 0 aromatic heterocycles. The second-order valence-electron chi connectivity index (χ2n) is 21.6. The zero-order chi connectivity index (χ0) is 53.5. The van der Waals surface area contributed by atoms with E-state index < -0.39 is 23.8 Å². The molecule has 2 amide bonds. The molecule has 412 valence electrons. The molecule has 0 spiro atoms. The zero-order valence-electron chi connectivity index (χ0n) is 46.9. The number of β-amino-alcohol motifs (C(OH)–C–C–N with tert-alkyl or cyclic N) is 1. The smallest absolute Gasteiger partial charge is 0.407 e. The lowest BCUT2D eigenvalue weighted by molar-refractivity contribution is -0.141. The van der Waals surface area contributed by atoms with Gasteiger partial charge in [-0.2, -0.15) is 0 Å². The fourth-order valence-electron chi connectivity index (χ4n) is 11.3. The number of hydrogen-bond donors (Lipinski definition) is 2. The maximum Gasteiger partial charge on any atom is 0.407 e. The molecule has 3 atom stereocenters. The number of nitrogens with one attached hydrogen (secondary N) is 1. The van der Waals surface area contributed by atoms with Gasteiger partial charge in [-0.15, -0.1) is 0 Å². The van der Waals surface area contributed by atoms with Crippen LogP contribution in [0.2, 0.25) is 0 Å². The molecule has 75 heavy (non-hydrogen) atoms. The maximum atomic E-state index is 14.3. The van der Waals surface area contributed by atoms with Crippen LogP contribution in [0.5, 0.6) is 23.0 Å². The summed E-state index contributed by atoms with van der Waals surface area (Å²) in [7, 11) is 3.26. The molecule has 0 saturated carbocycles. The number of methoxy groups -OCH3 is 2. The third-order valence-electron chi connectivity index (χ3n) is 15.9. The molecule has 11 heteroatoms. The van der Waals surface area contributed by atoms with Gasteiger partial charge in [-0.1, -0.05) is 151 Å². The third kappa shape index (κ3) is 16.9. The standard InChI is InChI=1S/C64H92N2O9/c1-8-9-10-11-12-13-14-15-16-17-18-19-20-26-40-63(5)41-39-57-50(4)60(48(2)49(3)61(57)75-63)72-43-44-73-62(69)65-42-27-22-25-30-59(68)66-46-54(67)45-58(66)64(52-31-35-55(70-6)36-32-52,53-33-37-56(71-7)38-34-53)74-47-51-28-23-21-24-29-51/h21,23-24,28-29,31-38,54,58,67H,8-20,22,25-27,30,39-47H2,1-7H3,(H,65,69). The first-order valence-electron chi connectivity index (χ1n) is 28.7. The van der Waals surface area contributed by atoms with E-state index in [0.29, 0.717) is 37.3 Å². The Morgan fingerprint density at radius 3 is 1.88 bits per heavy atom. The van der Waals surface area contributed by atoms with Crippen molar-refractivity contribution in [2.24, 2.45) is 0 Å². The number of likely N-dealkylation sites (tertiary alicyclic amines) is 1. The molecule has 2 heterocycles. The summed E-state index contributed by atoms with van der Waals surface area (Å²) in [6.45, 7) is 12.2. The van der Waals surface area contributed by atoms with Crippen molar-refractivity contribution in [2.45, 2.75) is 206 Å². The van der Waals surface area contributed by atoms with Crippen molar-refractivity contribution in [2.75, 3.05) is 40.5 Å². The molecule has 11 nitrogen and oxygen atoms in total. The van der Waals surface area contributed by atoms with E-state index in [0.717, 1.165) is 70.6 Å². The van der Waals surface area contributed by atoms with Gasteiger partial charge >= 0.3 is 6.09 Å². The van der Waals surface area contributed by atoms with E-state index in [9.17, 15) is 14.7 Å². The Hall–Kier alpha value is -5.26. The van der Waals surface area contributed by atoms with Crippen molar-refractivity contribution in [3.8, 4) is 23.0 Å². The van der Waals surface area contributed by atoms with Gasteiger partial charge in [0.1, 0.15) is 47.4 Å². The van der Waals surface area contributed by atoms with Crippen LogP contribution in [0.15, 0.2) is 78.9 Å². The fraction of sp³-hybridized carbons (Fsp3) is 0.594. The molecule has 0 aliphatic carbocycles. The summed E-state index contributed by atoms with van der Waals surface area (Å²) in [6.07, 6.45) is 23.5. The molecule has 4 aromatic rings. The minimum Gasteiger partial charge on any atom is -0.497 e. The molecule has 3 unspecified atom stereocenters. The number of hydrogen-bond acceptors (Lipinski definition) is 9. The summed E-state index contributed by atoms with van der Waals surface area (Å²) >= 11 is 0. The highest BCUT2D eigenvalue weighted by molar-refractivity contribution is 5.77. The number of carbonyl (C=O) groups is 2. The van der Waals surface area contributed by atoms with E-state index in [1.807, 2.05) is 83.8 Å². The Balaban J connectivity index is 0.920. The van der Waals surface area contributed by atoms with Crippen molar-refractivity contribution in [1.29, 1.82) is 0 Å². The Morgan fingerprint density at radius 1 is 0.720 bits per heavy atom. The molecule has 0 bridgehead atoms. The predicted octanol–water partition coefficient (Wildman–Crippen LogP) is 14.4. The predicted molar refractivity (Wildman–Crippen MR) is 300 cm³/mol. The molecule has 1 fully saturated rings. The van der Waals surface area contributed by atoms with E-state index in [1.54, 1.807) is 14.2 Å². The summed E-state index contributed by atoms with van der Waals surface area (Å²) in [5.74, 6) is 3.22. The van der Waals surface area contributed by atoms with Crippen molar-refractivity contribution in [3.63, 3.8) is 0 Å². The SMILES string of the molecule is CCCCCCCCCCCCCCCCC1(C)CCc2c(C)c(OCCOC(=O)NCCCCCC(=O)N3CC(O)CC3C(OCc3ccccc3)(c3ccc(OC)cc3)c3ccc(OC)cc3)c(C)c(C)c2O1. The minimum absolute atomic E-state index is 0.0559. The van der Waals surface area contributed by atoms with Gasteiger partial charge in [-0.05, 0) is 130 Å². The van der Waals surface area contributed by atoms with Crippen LogP contribution in [-0.2, 0) is 32.9 Å². The minimum atomic E-state index is -1.14. The number of alkyl carbamates (subject to hydrolysis) is 1. The lowest BCUT2D eigenvalue weighted by Gasteiger charge is -2.44. The van der Waals surface area contributed by atoms with E-state index in [2.05, 4.69) is 39.9 Å². The Bertz CT molecular complexity index is 2270. The number of ether oxygens (including phenoxy) is 6. The first kappa shape index (κ1) is 59.0. The summed E-state index contributed by atoms with van der Waals surface area (Å²) in [5.41, 5.74) is 5.90. The van der Waals surface area contributed by atoms with Crippen molar-refractivity contribution in [3.05, 3.63) is 118 Å². The Morgan fingerprint density at radius 2 is 1.29 bits per heavy atom. The molecule has 1 saturated heterocycles. The van der Waals surface area contributed by atoms with Crippen molar-refractivity contribution >= 4 is 12.0 Å². The molecule has 2 aliphatic heterocycles. The lowest BCUT2D eigenvalue weighted by Crippen LogP contribution is -2.52. The van der Waals surface area contributed by atoms with Gasteiger partial charge in [-0.25, -0.2) is 4.79 Å². The Labute approximate surface area is 450 Å². The van der Waals surface area contributed by atoms with Gasteiger partial charge in [-0.3, -0.25) is 4.79 Å². The van der Waals surface area contributed by atoms with Crippen molar-refractivity contribution in [1.82, 2.24) is 10.2 Å². The molecule has 6 rings (SSSR count). The number of carbonyl (C=O) groups excluding carboxylic acids is 2. The van der Waals surface area contributed by atoms with Crippen LogP contribution >= 0.6 is 0 Å². The molecule has 0 radical (unpaired) electrons. The highest BCUT2D eigenvalue weighted by atomic mass is 16.6. The van der Waals surface area contributed by atoms with Gasteiger partial charge in [0, 0.05) is 25.1 Å². The average Bonchev–Trinajstić information content (AvgIpc) is 3.83. The summed E-state index contributed by atoms with van der Waals surface area (Å²) < 4.78 is 36.8. The van der Waals surface area contributed by atoms with Crippen LogP contribution in [0.3, 0.4) is 0 Å². The van der Waals surface area contributed by atoms with Crippen LogP contribution in [0.25, 0.3) is 0 Å². The monoisotopic (exact) mass is 1030 g/mol. The van der Waals surface area contributed by atoms with Crippen molar-refractivity contribution < 1.29 is 43.1 Å². The quantitative estimate of drug-likeness (QED) is 0.0449. The summed E-state index contributed by atoms with van der Waals surface area (Å²) in [6, 6.07) is 25.0. The lowest BCUT2D eigenvalue weighted by atomic mass is 9.78. The fourth-order valence-corrected chi connectivity index (χ4v) is 11.3. The number of aliphatic hydroxyl groups excluding tert-OH is 1. The van der Waals surface area contributed by atoms with E-state index in [4.69, 9.17) is 28.4 Å². The summed E-state index contributed by atoms with van der Waals surface area (Å²) in [5, 5.41) is 14.1. The summed E-state index contributed by atoms with van der Waals surface area (Å²) in [4.78, 5) is 28.8. The van der Waals surface area contributed by atoms with Gasteiger partial charge < -0.3 is 43.7 Å². The first-order valence-corrected chi connectivity index (χ1v) is 28.7. The highest BCUT2D eigenvalue weighted by Crippen LogP contribution is 2.47. The second kappa shape index (κ2) is 30.5. The zero-order valence-corrected chi connectivity index (χ0v) is 46.9. The highest BCUT2D eigenvalue weighted by Gasteiger charge is 2.52. The number of unbranched alkanes of at least 4 members (excludes halogenated alkanes) is 15. The van der Waals surface area contributed by atoms with E-state index in [-0.39, 0.29) is 44.3 Å². The molecule has 2 N–H and O–H groups in total. The number of aliphatic hydroxyl groups is 1. The van der Waals surface area contributed by atoms with Gasteiger partial charge in [0.15, 0.2) is 0 Å². The molecular weight excluding hydrogens is 941 g/mol. The number of benzene rings is 4. The van der Waals surface area contributed by atoms with Crippen LogP contribution in [0.4, 0.5) is 4.79 Å². The van der Waals surface area contributed by atoms with Crippen LogP contribution < -0.4 is 24.3 Å². The second-order valence-corrected chi connectivity index (χ2v) is 21.6. The molecule has 2 aliphatic rings.